The van der Waals surface area contributed by atoms with E-state index < -0.39 is 11.6 Å². The number of para-hydroxylation sites is 1. The van der Waals surface area contributed by atoms with Gasteiger partial charge in [-0.15, -0.1) is 0 Å². The van der Waals surface area contributed by atoms with E-state index in [2.05, 4.69) is 24.3 Å². The Morgan fingerprint density at radius 1 is 1.09 bits per heavy atom. The standard InChI is InChI=1S/C26H33F2N3O/c1-4-18(2)13-14-19(3)29-26(32)31-25-12-8-6-10-20(25)9-5-7-11-24(30-31)22-17-21(27)15-16-23(22)28/h6,8,10,12,15-19H,4-5,7,9,11,13-14H2,1-3H3,(H,29,32)/b30-24+/t18?,19-/m0/s1. The largest absolute Gasteiger partial charge is 0.342 e. The van der Waals surface area contributed by atoms with Crippen molar-refractivity contribution in [3.05, 3.63) is 65.2 Å². The van der Waals surface area contributed by atoms with Gasteiger partial charge in [0.25, 0.3) is 0 Å². The fourth-order valence-corrected chi connectivity index (χ4v) is 3.91. The summed E-state index contributed by atoms with van der Waals surface area (Å²) in [5.41, 5.74) is 2.17. The molecule has 2 aromatic carbocycles. The lowest BCUT2D eigenvalue weighted by Gasteiger charge is -2.24. The molecule has 172 valence electrons. The molecule has 0 aliphatic carbocycles. The fraction of sp³-hybridized carbons (Fsp3) is 0.462. The molecule has 1 unspecified atom stereocenters. The van der Waals surface area contributed by atoms with E-state index in [4.69, 9.17) is 0 Å². The van der Waals surface area contributed by atoms with E-state index >= 15 is 0 Å². The number of fused-ring (bicyclic) bond motifs is 1. The van der Waals surface area contributed by atoms with E-state index in [1.54, 1.807) is 0 Å². The predicted octanol–water partition coefficient (Wildman–Crippen LogP) is 6.83. The molecule has 0 saturated heterocycles. The first-order valence-electron chi connectivity index (χ1n) is 11.6. The minimum Gasteiger partial charge on any atom is -0.334 e. The second-order valence-corrected chi connectivity index (χ2v) is 8.76. The number of carbonyl (C=O) groups is 1. The van der Waals surface area contributed by atoms with E-state index in [1.165, 1.54) is 5.01 Å². The molecule has 0 fully saturated rings. The van der Waals surface area contributed by atoms with Crippen LogP contribution in [0.4, 0.5) is 19.3 Å². The second-order valence-electron chi connectivity index (χ2n) is 8.76. The van der Waals surface area contributed by atoms with Crippen LogP contribution < -0.4 is 10.3 Å². The molecular weight excluding hydrogens is 408 g/mol. The Morgan fingerprint density at radius 2 is 1.84 bits per heavy atom. The maximum absolute atomic E-state index is 14.6. The summed E-state index contributed by atoms with van der Waals surface area (Å²) in [6.45, 7) is 6.35. The summed E-state index contributed by atoms with van der Waals surface area (Å²) in [7, 11) is 0. The minimum absolute atomic E-state index is 0.0270. The average Bonchev–Trinajstić information content (AvgIpc) is 2.88. The summed E-state index contributed by atoms with van der Waals surface area (Å²) in [5.74, 6) is -0.472. The van der Waals surface area contributed by atoms with Gasteiger partial charge >= 0.3 is 6.03 Å². The highest BCUT2D eigenvalue weighted by atomic mass is 19.1. The molecule has 0 aromatic heterocycles. The van der Waals surface area contributed by atoms with Crippen molar-refractivity contribution < 1.29 is 13.6 Å². The van der Waals surface area contributed by atoms with E-state index in [0.29, 0.717) is 23.7 Å². The number of nitrogens with zero attached hydrogens (tertiary/aromatic N) is 2. The number of nitrogens with one attached hydrogen (secondary N) is 1. The van der Waals surface area contributed by atoms with Crippen molar-refractivity contribution in [3.63, 3.8) is 0 Å². The first-order valence-corrected chi connectivity index (χ1v) is 11.6. The molecule has 2 amide bonds. The van der Waals surface area contributed by atoms with Gasteiger partial charge in [0.1, 0.15) is 11.6 Å². The summed E-state index contributed by atoms with van der Waals surface area (Å²) in [6, 6.07) is 10.6. The van der Waals surface area contributed by atoms with Crippen molar-refractivity contribution >= 4 is 17.4 Å². The van der Waals surface area contributed by atoms with Gasteiger partial charge in [-0.05, 0) is 81.2 Å². The van der Waals surface area contributed by atoms with E-state index in [9.17, 15) is 13.6 Å². The third-order valence-corrected chi connectivity index (χ3v) is 6.14. The number of hydrogen-bond acceptors (Lipinski definition) is 2. The van der Waals surface area contributed by atoms with Gasteiger partial charge in [0.2, 0.25) is 0 Å². The molecule has 1 aliphatic heterocycles. The summed E-state index contributed by atoms with van der Waals surface area (Å²) >= 11 is 0. The van der Waals surface area contributed by atoms with Crippen LogP contribution in [-0.2, 0) is 6.42 Å². The minimum atomic E-state index is -0.542. The molecule has 1 heterocycles. The number of carbonyl (C=O) groups excluding carboxylic acids is 1. The number of hydrazone groups is 1. The maximum atomic E-state index is 14.6. The quantitative estimate of drug-likeness (QED) is 0.525. The predicted molar refractivity (Wildman–Crippen MR) is 126 cm³/mol. The first kappa shape index (κ1) is 23.9. The first-order chi connectivity index (χ1) is 15.4. The van der Waals surface area contributed by atoms with Crippen LogP contribution in [0.1, 0.15) is 70.4 Å². The fourth-order valence-electron chi connectivity index (χ4n) is 3.91. The van der Waals surface area contributed by atoms with Crippen LogP contribution >= 0.6 is 0 Å². The molecule has 6 heteroatoms. The highest BCUT2D eigenvalue weighted by Crippen LogP contribution is 2.27. The number of rotatable bonds is 6. The number of amides is 2. The second kappa shape index (κ2) is 11.2. The molecule has 1 aliphatic rings. The third-order valence-electron chi connectivity index (χ3n) is 6.14. The maximum Gasteiger partial charge on any atom is 0.342 e. The Labute approximate surface area is 189 Å². The van der Waals surface area contributed by atoms with E-state index in [1.807, 2.05) is 31.2 Å². The lowest BCUT2D eigenvalue weighted by Crippen LogP contribution is -2.42. The van der Waals surface area contributed by atoms with Crippen LogP contribution in [-0.4, -0.2) is 17.8 Å². The molecule has 3 rings (SSSR count). The van der Waals surface area contributed by atoms with Crippen LogP contribution in [0.2, 0.25) is 0 Å². The average molecular weight is 442 g/mol. The zero-order chi connectivity index (χ0) is 23.1. The summed E-state index contributed by atoms with van der Waals surface area (Å²) in [5, 5.41) is 8.99. The third kappa shape index (κ3) is 6.15. The molecule has 0 spiro atoms. The van der Waals surface area contributed by atoms with Crippen LogP contribution in [0.5, 0.6) is 0 Å². The lowest BCUT2D eigenvalue weighted by atomic mass is 10.0. The zero-order valence-electron chi connectivity index (χ0n) is 19.2. The van der Waals surface area contributed by atoms with Gasteiger partial charge in [-0.1, -0.05) is 38.5 Å². The Morgan fingerprint density at radius 3 is 2.62 bits per heavy atom. The van der Waals surface area contributed by atoms with Crippen molar-refractivity contribution in [3.8, 4) is 0 Å². The molecule has 1 N–H and O–H groups in total. The van der Waals surface area contributed by atoms with Gasteiger partial charge in [0.15, 0.2) is 0 Å². The van der Waals surface area contributed by atoms with Crippen LogP contribution in [0.15, 0.2) is 47.6 Å². The van der Waals surface area contributed by atoms with Crippen molar-refractivity contribution in [2.45, 2.75) is 71.8 Å². The molecule has 0 bridgehead atoms. The Hall–Kier alpha value is -2.76. The smallest absolute Gasteiger partial charge is 0.334 e. The SMILES string of the molecule is CCC(C)CC[C@H](C)NC(=O)N1/N=C(/c2cc(F)ccc2F)CCCCc2ccccc21. The Bertz CT molecular complexity index is 960. The Balaban J connectivity index is 1.96. The van der Waals surface area contributed by atoms with Crippen LogP contribution in [0.25, 0.3) is 0 Å². The van der Waals surface area contributed by atoms with Crippen molar-refractivity contribution in [2.24, 2.45) is 11.0 Å². The zero-order valence-corrected chi connectivity index (χ0v) is 19.2. The summed E-state index contributed by atoms with van der Waals surface area (Å²) < 4.78 is 28.5. The lowest BCUT2D eigenvalue weighted by molar-refractivity contribution is 0.242. The van der Waals surface area contributed by atoms with Crippen LogP contribution in [0, 0.1) is 17.6 Å². The van der Waals surface area contributed by atoms with Gasteiger partial charge < -0.3 is 5.32 Å². The van der Waals surface area contributed by atoms with Crippen molar-refractivity contribution in [1.29, 1.82) is 0 Å². The molecule has 0 radical (unpaired) electrons. The molecule has 2 aromatic rings. The molecule has 4 nitrogen and oxygen atoms in total. The van der Waals surface area contributed by atoms with E-state index in [0.717, 1.165) is 62.3 Å². The monoisotopic (exact) mass is 441 g/mol. The van der Waals surface area contributed by atoms with Crippen LogP contribution in [0.3, 0.4) is 0 Å². The molecule has 0 saturated carbocycles. The van der Waals surface area contributed by atoms with Gasteiger partial charge in [0.05, 0.1) is 11.4 Å². The van der Waals surface area contributed by atoms with Crippen molar-refractivity contribution in [1.82, 2.24) is 5.32 Å². The molecular formula is C26H33F2N3O. The Kier molecular flexibility index (Phi) is 8.37. The normalized spacial score (nSPS) is 17.8. The van der Waals surface area contributed by atoms with E-state index in [-0.39, 0.29) is 17.6 Å². The number of urea groups is 1. The van der Waals surface area contributed by atoms with Gasteiger partial charge in [0, 0.05) is 11.6 Å². The molecule has 32 heavy (non-hydrogen) atoms. The number of aryl methyl sites for hydroxylation is 1. The number of hydrogen-bond donors (Lipinski definition) is 1. The topological polar surface area (TPSA) is 44.7 Å². The summed E-state index contributed by atoms with van der Waals surface area (Å²) in [6.07, 6.45) is 5.88. The van der Waals surface area contributed by atoms with Gasteiger partial charge in [-0.25, -0.2) is 13.6 Å². The number of benzene rings is 2. The number of halogens is 2. The molecule has 2 atom stereocenters. The van der Waals surface area contributed by atoms with Crippen molar-refractivity contribution in [2.75, 3.05) is 5.01 Å². The number of anilines is 1. The highest BCUT2D eigenvalue weighted by Gasteiger charge is 2.23. The summed E-state index contributed by atoms with van der Waals surface area (Å²) in [4.78, 5) is 13.3. The van der Waals surface area contributed by atoms with Gasteiger partial charge in [-0.2, -0.15) is 10.1 Å². The van der Waals surface area contributed by atoms with Gasteiger partial charge in [-0.3, -0.25) is 0 Å². The highest BCUT2D eigenvalue weighted by molar-refractivity contribution is 6.04.